The normalized spacial score (nSPS) is 14.2. The number of nitrogens with two attached hydrogens (primary N) is 3. The number of carbonyl (C=O) groups is 4. The molecule has 10 N–H and O–H groups in total. The molecule has 0 aliphatic carbocycles. The molecule has 0 aromatic heterocycles. The lowest BCUT2D eigenvalue weighted by molar-refractivity contribution is -0.142. The summed E-state index contributed by atoms with van der Waals surface area (Å²) < 4.78 is 0. The van der Waals surface area contributed by atoms with Gasteiger partial charge in [-0.15, -0.1) is 0 Å². The van der Waals surface area contributed by atoms with E-state index in [0.717, 1.165) is 5.56 Å². The monoisotopic (exact) mass is 463 g/mol. The number of amides is 3. The summed E-state index contributed by atoms with van der Waals surface area (Å²) in [6.45, 7) is 3.13. The third-order valence-electron chi connectivity index (χ3n) is 4.64. The van der Waals surface area contributed by atoms with Gasteiger partial charge in [-0.1, -0.05) is 30.3 Å². The molecule has 12 nitrogen and oxygen atoms in total. The molecule has 182 valence electrons. The Morgan fingerprint density at radius 1 is 0.939 bits per heavy atom. The molecule has 1 rings (SSSR count). The predicted molar refractivity (Wildman–Crippen MR) is 123 cm³/mol. The summed E-state index contributed by atoms with van der Waals surface area (Å²) in [4.78, 5) is 52.6. The number of hydrogen-bond donors (Lipinski definition) is 7. The van der Waals surface area contributed by atoms with Gasteiger partial charge in [-0.25, -0.2) is 4.79 Å². The maximum atomic E-state index is 12.7. The maximum absolute atomic E-state index is 12.7. The van der Waals surface area contributed by atoms with Crippen molar-refractivity contribution in [2.75, 3.05) is 6.54 Å². The zero-order chi connectivity index (χ0) is 25.0. The van der Waals surface area contributed by atoms with E-state index in [0.29, 0.717) is 6.42 Å². The van der Waals surface area contributed by atoms with Crippen LogP contribution in [-0.4, -0.2) is 65.5 Å². The zero-order valence-corrected chi connectivity index (χ0v) is 18.8. The Labute approximate surface area is 192 Å². The second-order valence-electron chi connectivity index (χ2n) is 7.62. The van der Waals surface area contributed by atoms with Crippen LogP contribution in [0, 0.1) is 0 Å². The molecule has 0 saturated heterocycles. The van der Waals surface area contributed by atoms with Gasteiger partial charge >= 0.3 is 5.97 Å². The van der Waals surface area contributed by atoms with Crippen molar-refractivity contribution in [3.8, 4) is 0 Å². The van der Waals surface area contributed by atoms with Gasteiger partial charge in [0.05, 0.1) is 6.04 Å². The molecule has 0 heterocycles. The maximum Gasteiger partial charge on any atom is 0.326 e. The van der Waals surface area contributed by atoms with Gasteiger partial charge in [0, 0.05) is 13.0 Å². The highest BCUT2D eigenvalue weighted by molar-refractivity contribution is 5.93. The number of nitrogens with zero attached hydrogens (tertiary/aromatic N) is 1. The number of carboxylic acid groups (broad SMARTS) is 1. The van der Waals surface area contributed by atoms with Crippen molar-refractivity contribution in [3.05, 3.63) is 35.9 Å². The molecule has 0 spiro atoms. The van der Waals surface area contributed by atoms with E-state index in [1.165, 1.54) is 13.8 Å². The quantitative estimate of drug-likeness (QED) is 0.100. The average Bonchev–Trinajstić information content (AvgIpc) is 2.75. The van der Waals surface area contributed by atoms with Gasteiger partial charge in [0.2, 0.25) is 17.7 Å². The Kier molecular flexibility index (Phi) is 11.3. The number of hydrogen-bond acceptors (Lipinski definition) is 6. The molecule has 0 saturated carbocycles. The van der Waals surface area contributed by atoms with E-state index in [2.05, 4.69) is 20.9 Å². The van der Waals surface area contributed by atoms with Crippen molar-refractivity contribution < 1.29 is 24.3 Å². The molecule has 4 atom stereocenters. The summed E-state index contributed by atoms with van der Waals surface area (Å²) in [6.07, 6.45) is 0.662. The van der Waals surface area contributed by atoms with Gasteiger partial charge in [-0.3, -0.25) is 19.4 Å². The Morgan fingerprint density at radius 3 is 2.09 bits per heavy atom. The molecule has 33 heavy (non-hydrogen) atoms. The number of aliphatic carboxylic acids is 1. The van der Waals surface area contributed by atoms with Crippen LogP contribution in [0.1, 0.15) is 32.3 Å². The highest BCUT2D eigenvalue weighted by Gasteiger charge is 2.27. The first-order valence-electron chi connectivity index (χ1n) is 10.5. The molecule has 1 aromatic carbocycles. The van der Waals surface area contributed by atoms with E-state index in [1.807, 2.05) is 0 Å². The van der Waals surface area contributed by atoms with Gasteiger partial charge in [-0.05, 0) is 32.3 Å². The highest BCUT2D eigenvalue weighted by atomic mass is 16.4. The van der Waals surface area contributed by atoms with E-state index in [1.54, 1.807) is 30.3 Å². The molecular weight excluding hydrogens is 430 g/mol. The fourth-order valence-electron chi connectivity index (χ4n) is 2.80. The van der Waals surface area contributed by atoms with Gasteiger partial charge < -0.3 is 38.3 Å². The standard InChI is InChI=1S/C21H33N7O5/c1-12(22)17(29)27-15(9-6-10-25-21(23)24)19(31)26-13(2)18(30)28-16(20(32)33)11-14-7-4-3-5-8-14/h3-5,7-8,12-13,15-16H,6,9-11,22H2,1-2H3,(H,26,31)(H,27,29)(H,28,30)(H,32,33)(H4,23,24,25). The number of carboxylic acids is 1. The lowest BCUT2D eigenvalue weighted by Crippen LogP contribution is -2.56. The van der Waals surface area contributed by atoms with Crippen LogP contribution in [0.5, 0.6) is 0 Å². The average molecular weight is 464 g/mol. The van der Waals surface area contributed by atoms with Crippen molar-refractivity contribution >= 4 is 29.7 Å². The van der Waals surface area contributed by atoms with E-state index in [-0.39, 0.29) is 25.3 Å². The second-order valence-corrected chi connectivity index (χ2v) is 7.62. The minimum absolute atomic E-state index is 0.0838. The third-order valence-corrected chi connectivity index (χ3v) is 4.64. The van der Waals surface area contributed by atoms with Gasteiger partial charge in [0.1, 0.15) is 18.1 Å². The molecule has 0 radical (unpaired) electrons. The summed E-state index contributed by atoms with van der Waals surface area (Å²) in [6, 6.07) is 4.79. The fraction of sp³-hybridized carbons (Fsp3) is 0.476. The molecule has 12 heteroatoms. The molecule has 0 bridgehead atoms. The van der Waals surface area contributed by atoms with Gasteiger partial charge in [0.15, 0.2) is 5.96 Å². The van der Waals surface area contributed by atoms with Crippen LogP contribution in [0.4, 0.5) is 0 Å². The smallest absolute Gasteiger partial charge is 0.326 e. The second kappa shape index (κ2) is 13.7. The summed E-state index contributed by atoms with van der Waals surface area (Å²) in [5, 5.41) is 16.9. The first-order chi connectivity index (χ1) is 15.5. The number of nitrogens with one attached hydrogen (secondary N) is 3. The molecule has 0 aliphatic rings. The van der Waals surface area contributed by atoms with E-state index in [4.69, 9.17) is 17.2 Å². The van der Waals surface area contributed by atoms with Crippen molar-refractivity contribution in [3.63, 3.8) is 0 Å². The third kappa shape index (κ3) is 10.5. The Morgan fingerprint density at radius 2 is 1.55 bits per heavy atom. The van der Waals surface area contributed by atoms with Crippen LogP contribution < -0.4 is 33.2 Å². The minimum Gasteiger partial charge on any atom is -0.480 e. The van der Waals surface area contributed by atoms with Crippen LogP contribution in [-0.2, 0) is 25.6 Å². The topological polar surface area (TPSA) is 215 Å². The minimum atomic E-state index is -1.20. The highest BCUT2D eigenvalue weighted by Crippen LogP contribution is 2.05. The Bertz CT molecular complexity index is 841. The Hall–Kier alpha value is -3.67. The Balaban J connectivity index is 2.76. The van der Waals surface area contributed by atoms with Crippen molar-refractivity contribution in [1.29, 1.82) is 0 Å². The molecule has 3 amide bonds. The molecular formula is C21H33N7O5. The predicted octanol–water partition coefficient (Wildman–Crippen LogP) is -1.81. The number of guanidine groups is 1. The number of benzene rings is 1. The zero-order valence-electron chi connectivity index (χ0n) is 18.8. The SMILES string of the molecule is CC(N)C(=O)NC(CCCN=C(N)N)C(=O)NC(C)C(=O)NC(Cc1ccccc1)C(=O)O. The lowest BCUT2D eigenvalue weighted by Gasteiger charge is -2.23. The van der Waals surface area contributed by atoms with E-state index in [9.17, 15) is 24.3 Å². The summed E-state index contributed by atoms with van der Waals surface area (Å²) in [7, 11) is 0. The number of aliphatic imine (C=N–C) groups is 1. The summed E-state index contributed by atoms with van der Waals surface area (Å²) in [5.41, 5.74) is 16.8. The van der Waals surface area contributed by atoms with E-state index >= 15 is 0 Å². The molecule has 0 fully saturated rings. The van der Waals surface area contributed by atoms with Crippen LogP contribution in [0.25, 0.3) is 0 Å². The molecule has 0 aliphatic heterocycles. The van der Waals surface area contributed by atoms with Crippen molar-refractivity contribution in [2.45, 2.75) is 57.3 Å². The fourth-order valence-corrected chi connectivity index (χ4v) is 2.80. The van der Waals surface area contributed by atoms with Gasteiger partial charge in [-0.2, -0.15) is 0 Å². The van der Waals surface area contributed by atoms with Gasteiger partial charge in [0.25, 0.3) is 0 Å². The van der Waals surface area contributed by atoms with Crippen LogP contribution in [0.2, 0.25) is 0 Å². The van der Waals surface area contributed by atoms with Crippen LogP contribution in [0.3, 0.4) is 0 Å². The van der Waals surface area contributed by atoms with Crippen LogP contribution in [0.15, 0.2) is 35.3 Å². The summed E-state index contributed by atoms with van der Waals surface area (Å²) >= 11 is 0. The molecule has 4 unspecified atom stereocenters. The largest absolute Gasteiger partial charge is 0.480 e. The number of carbonyl (C=O) groups excluding carboxylic acids is 3. The lowest BCUT2D eigenvalue weighted by atomic mass is 10.1. The first kappa shape index (κ1) is 27.4. The summed E-state index contributed by atoms with van der Waals surface area (Å²) in [5.74, 6) is -3.13. The van der Waals surface area contributed by atoms with Crippen molar-refractivity contribution in [2.24, 2.45) is 22.2 Å². The van der Waals surface area contributed by atoms with Crippen molar-refractivity contribution in [1.82, 2.24) is 16.0 Å². The van der Waals surface area contributed by atoms with Crippen LogP contribution >= 0.6 is 0 Å². The molecule has 1 aromatic rings. The first-order valence-corrected chi connectivity index (χ1v) is 10.5. The van der Waals surface area contributed by atoms with E-state index < -0.39 is 47.9 Å². The number of rotatable bonds is 13.